The van der Waals surface area contributed by atoms with Crippen molar-refractivity contribution in [3.05, 3.63) is 27.0 Å². The van der Waals surface area contributed by atoms with E-state index in [9.17, 15) is 14.4 Å². The summed E-state index contributed by atoms with van der Waals surface area (Å²) in [6, 6.07) is 0. The number of ether oxygens (including phenoxy) is 1. The van der Waals surface area contributed by atoms with Crippen LogP contribution in [0, 0.1) is 13.8 Å². The Morgan fingerprint density at radius 2 is 2.00 bits per heavy atom. The number of nitrogens with zero attached hydrogens (tertiary/aromatic N) is 2. The van der Waals surface area contributed by atoms with Gasteiger partial charge in [-0.1, -0.05) is 0 Å². The molecule has 0 fully saturated rings. The summed E-state index contributed by atoms with van der Waals surface area (Å²) in [6.45, 7) is 10.5. The van der Waals surface area contributed by atoms with E-state index in [4.69, 9.17) is 4.74 Å². The van der Waals surface area contributed by atoms with Crippen LogP contribution in [-0.4, -0.2) is 33.3 Å². The van der Waals surface area contributed by atoms with Crippen LogP contribution in [0.25, 0.3) is 10.1 Å². The number of aromatic nitrogens is 2. The molecule has 25 heavy (non-hydrogen) atoms. The van der Waals surface area contributed by atoms with Crippen molar-refractivity contribution in [3.8, 4) is 0 Å². The molecule has 1 N–H and O–H groups in total. The van der Waals surface area contributed by atoms with Crippen LogP contribution in [0.4, 0.5) is 0 Å². The molecule has 1 atom stereocenters. The predicted molar refractivity (Wildman–Crippen MR) is 96.8 cm³/mol. The van der Waals surface area contributed by atoms with E-state index >= 15 is 0 Å². The SMILES string of the molecule is Cc1sc2cnn(CC(=O)OC(C)C(=O)NC(C)(C)C)c(=O)c2c1C. The van der Waals surface area contributed by atoms with Crippen molar-refractivity contribution in [2.45, 2.75) is 59.7 Å². The molecule has 136 valence electrons. The molecule has 2 rings (SSSR count). The summed E-state index contributed by atoms with van der Waals surface area (Å²) in [7, 11) is 0. The number of rotatable bonds is 4. The number of carbonyl (C=O) groups is 2. The maximum Gasteiger partial charge on any atom is 0.328 e. The first kappa shape index (κ1) is 19.1. The maximum atomic E-state index is 12.5. The highest BCUT2D eigenvalue weighted by molar-refractivity contribution is 7.19. The number of aryl methyl sites for hydroxylation is 2. The van der Waals surface area contributed by atoms with Gasteiger partial charge in [0.1, 0.15) is 6.54 Å². The number of carbonyl (C=O) groups excluding carboxylic acids is 2. The Morgan fingerprint density at radius 3 is 2.60 bits per heavy atom. The minimum atomic E-state index is -0.948. The van der Waals surface area contributed by atoms with Gasteiger partial charge in [-0.2, -0.15) is 5.10 Å². The largest absolute Gasteiger partial charge is 0.451 e. The van der Waals surface area contributed by atoms with Crippen molar-refractivity contribution in [2.24, 2.45) is 0 Å². The van der Waals surface area contributed by atoms with E-state index in [1.54, 1.807) is 6.20 Å². The van der Waals surface area contributed by atoms with Crippen molar-refractivity contribution in [1.29, 1.82) is 0 Å². The lowest BCUT2D eigenvalue weighted by Crippen LogP contribution is -2.46. The fraction of sp³-hybridized carbons (Fsp3) is 0.529. The fourth-order valence-corrected chi connectivity index (χ4v) is 3.34. The molecule has 0 aromatic carbocycles. The summed E-state index contributed by atoms with van der Waals surface area (Å²) in [5, 5.41) is 7.33. The zero-order chi connectivity index (χ0) is 18.9. The Labute approximate surface area is 150 Å². The van der Waals surface area contributed by atoms with Crippen LogP contribution in [0.1, 0.15) is 38.1 Å². The Kier molecular flexibility index (Phi) is 5.31. The van der Waals surface area contributed by atoms with E-state index in [0.717, 1.165) is 19.8 Å². The summed E-state index contributed by atoms with van der Waals surface area (Å²) < 4.78 is 6.98. The van der Waals surface area contributed by atoms with Gasteiger partial charge in [0.25, 0.3) is 11.5 Å². The standard InChI is InChI=1S/C17H23N3O4S/c1-9-11(3)25-12-7-18-20(16(23)14(9)12)8-13(21)24-10(2)15(22)19-17(4,5)6/h7,10H,8H2,1-6H3,(H,19,22). The zero-order valence-corrected chi connectivity index (χ0v) is 16.1. The van der Waals surface area contributed by atoms with E-state index in [1.165, 1.54) is 18.3 Å². The third-order valence-electron chi connectivity index (χ3n) is 3.63. The molecule has 0 saturated carbocycles. The van der Waals surface area contributed by atoms with Crippen molar-refractivity contribution in [1.82, 2.24) is 15.1 Å². The molecular formula is C17H23N3O4S. The summed E-state index contributed by atoms with van der Waals surface area (Å²) >= 11 is 1.50. The van der Waals surface area contributed by atoms with Crippen LogP contribution in [0.3, 0.4) is 0 Å². The van der Waals surface area contributed by atoms with E-state index in [1.807, 2.05) is 34.6 Å². The number of hydrogen-bond donors (Lipinski definition) is 1. The highest BCUT2D eigenvalue weighted by Crippen LogP contribution is 2.26. The molecule has 0 aliphatic rings. The van der Waals surface area contributed by atoms with Gasteiger partial charge in [0.15, 0.2) is 6.10 Å². The second-order valence-electron chi connectivity index (χ2n) is 7.00. The molecule has 0 aliphatic carbocycles. The molecule has 2 aromatic heterocycles. The third-order valence-corrected chi connectivity index (χ3v) is 4.77. The van der Waals surface area contributed by atoms with Crippen molar-refractivity contribution >= 4 is 33.3 Å². The van der Waals surface area contributed by atoms with Crippen LogP contribution in [0.5, 0.6) is 0 Å². The lowest BCUT2D eigenvalue weighted by Gasteiger charge is -2.23. The van der Waals surface area contributed by atoms with E-state index in [0.29, 0.717) is 5.39 Å². The molecule has 0 radical (unpaired) electrons. The van der Waals surface area contributed by atoms with Crippen LogP contribution in [0.2, 0.25) is 0 Å². The van der Waals surface area contributed by atoms with Gasteiger partial charge in [0.2, 0.25) is 0 Å². The monoisotopic (exact) mass is 365 g/mol. The Balaban J connectivity index is 2.12. The second-order valence-corrected chi connectivity index (χ2v) is 8.26. The molecule has 1 amide bonds. The molecule has 0 saturated heterocycles. The van der Waals surface area contributed by atoms with E-state index in [-0.39, 0.29) is 18.0 Å². The number of hydrogen-bond acceptors (Lipinski definition) is 6. The van der Waals surface area contributed by atoms with Crippen molar-refractivity contribution in [3.63, 3.8) is 0 Å². The first-order valence-corrected chi connectivity index (χ1v) is 8.78. The molecule has 0 aliphatic heterocycles. The average molecular weight is 365 g/mol. The van der Waals surface area contributed by atoms with Crippen LogP contribution in [0.15, 0.2) is 11.0 Å². The molecule has 7 nitrogen and oxygen atoms in total. The summed E-state index contributed by atoms with van der Waals surface area (Å²) in [4.78, 5) is 37.6. The molecule has 1 unspecified atom stereocenters. The molecule has 2 aromatic rings. The molecular weight excluding hydrogens is 342 g/mol. The number of thiophene rings is 1. The average Bonchev–Trinajstić information content (AvgIpc) is 2.76. The summed E-state index contributed by atoms with van der Waals surface area (Å²) in [6.07, 6.45) is 0.626. The lowest BCUT2D eigenvalue weighted by atomic mass is 10.1. The number of nitrogens with one attached hydrogen (secondary N) is 1. The zero-order valence-electron chi connectivity index (χ0n) is 15.3. The van der Waals surface area contributed by atoms with Gasteiger partial charge in [-0.05, 0) is 47.1 Å². The fourth-order valence-electron chi connectivity index (χ4n) is 2.31. The maximum absolute atomic E-state index is 12.5. The molecule has 8 heteroatoms. The van der Waals surface area contributed by atoms with Gasteiger partial charge in [0, 0.05) is 10.4 Å². The Morgan fingerprint density at radius 1 is 1.36 bits per heavy atom. The Hall–Kier alpha value is -2.22. The van der Waals surface area contributed by atoms with Gasteiger partial charge >= 0.3 is 5.97 Å². The van der Waals surface area contributed by atoms with E-state index in [2.05, 4.69) is 10.4 Å². The van der Waals surface area contributed by atoms with Crippen LogP contribution >= 0.6 is 11.3 Å². The van der Waals surface area contributed by atoms with Crippen LogP contribution in [-0.2, 0) is 20.9 Å². The minimum absolute atomic E-state index is 0.330. The van der Waals surface area contributed by atoms with Crippen molar-refractivity contribution in [2.75, 3.05) is 0 Å². The van der Waals surface area contributed by atoms with Gasteiger partial charge in [-0.3, -0.25) is 14.4 Å². The number of amides is 1. The normalized spacial score (nSPS) is 12.9. The quantitative estimate of drug-likeness (QED) is 0.836. The molecule has 2 heterocycles. The predicted octanol–water partition coefficient (Wildman–Crippen LogP) is 1.92. The van der Waals surface area contributed by atoms with Crippen LogP contribution < -0.4 is 10.9 Å². The first-order valence-electron chi connectivity index (χ1n) is 7.97. The Bertz CT molecular complexity index is 876. The highest BCUT2D eigenvalue weighted by atomic mass is 32.1. The smallest absolute Gasteiger partial charge is 0.328 e. The molecule has 0 spiro atoms. The summed E-state index contributed by atoms with van der Waals surface area (Å²) in [5.74, 6) is -1.07. The van der Waals surface area contributed by atoms with Gasteiger partial charge < -0.3 is 10.1 Å². The lowest BCUT2D eigenvalue weighted by molar-refractivity contribution is -0.156. The van der Waals surface area contributed by atoms with Gasteiger partial charge in [0.05, 0.1) is 16.3 Å². The van der Waals surface area contributed by atoms with Crippen molar-refractivity contribution < 1.29 is 14.3 Å². The van der Waals surface area contributed by atoms with Gasteiger partial charge in [-0.15, -0.1) is 11.3 Å². The van der Waals surface area contributed by atoms with E-state index < -0.39 is 17.6 Å². The summed E-state index contributed by atoms with van der Waals surface area (Å²) in [5.41, 5.74) is 0.144. The minimum Gasteiger partial charge on any atom is -0.451 e. The second kappa shape index (κ2) is 6.95. The highest BCUT2D eigenvalue weighted by Gasteiger charge is 2.23. The number of fused-ring (bicyclic) bond motifs is 1. The topological polar surface area (TPSA) is 90.3 Å². The molecule has 0 bridgehead atoms. The van der Waals surface area contributed by atoms with Gasteiger partial charge in [-0.25, -0.2) is 4.68 Å². The third kappa shape index (κ3) is 4.45. The first-order chi connectivity index (χ1) is 11.5. The number of esters is 1.